The molecule has 0 aromatic rings. The van der Waals surface area contributed by atoms with E-state index in [1.165, 1.54) is 0 Å². The van der Waals surface area contributed by atoms with Crippen LogP contribution in [0, 0.1) is 10.8 Å². The fourth-order valence-corrected chi connectivity index (χ4v) is 0.593. The Labute approximate surface area is 90.8 Å². The summed E-state index contributed by atoms with van der Waals surface area (Å²) in [7, 11) is 0. The van der Waals surface area contributed by atoms with Crippen molar-refractivity contribution in [3.05, 3.63) is 0 Å². The van der Waals surface area contributed by atoms with Crippen molar-refractivity contribution in [1.29, 1.82) is 10.8 Å². The van der Waals surface area contributed by atoms with E-state index in [0.29, 0.717) is 0 Å². The van der Waals surface area contributed by atoms with Crippen molar-refractivity contribution in [2.75, 3.05) is 6.67 Å². The van der Waals surface area contributed by atoms with Crippen molar-refractivity contribution in [1.82, 2.24) is 21.3 Å². The second-order valence-corrected chi connectivity index (χ2v) is 2.53. The van der Waals surface area contributed by atoms with E-state index in [4.69, 9.17) is 10.8 Å². The maximum Gasteiger partial charge on any atom is 0.484 e. The highest BCUT2D eigenvalue weighted by molar-refractivity contribution is 5.79. The number of halogens is 6. The third kappa shape index (κ3) is 10.4. The molecule has 0 aromatic heterocycles. The van der Waals surface area contributed by atoms with Crippen LogP contribution in [-0.2, 0) is 0 Å². The molecule has 0 unspecified atom stereocenters. The van der Waals surface area contributed by atoms with Crippen LogP contribution in [0.15, 0.2) is 0 Å². The summed E-state index contributed by atoms with van der Waals surface area (Å²) in [6.45, 7) is -0.663. The van der Waals surface area contributed by atoms with Gasteiger partial charge in [0.15, 0.2) is 11.9 Å². The van der Waals surface area contributed by atoms with E-state index in [-0.39, 0.29) is 0 Å². The molecule has 0 aliphatic heterocycles. The summed E-state index contributed by atoms with van der Waals surface area (Å²) < 4.78 is 69.6. The Kier molecular flexibility index (Phi) is 4.85. The summed E-state index contributed by atoms with van der Waals surface area (Å²) in [6, 6.07) is 0. The van der Waals surface area contributed by atoms with Crippen molar-refractivity contribution in [3.8, 4) is 0 Å². The summed E-state index contributed by atoms with van der Waals surface area (Å²) in [4.78, 5) is 0. The number of hydrogen-bond donors (Lipinski definition) is 6. The minimum atomic E-state index is -4.82. The van der Waals surface area contributed by atoms with Crippen molar-refractivity contribution >= 4 is 11.9 Å². The SMILES string of the molecule is N=C(NCNC(=N)NC(F)(F)F)NC(F)(F)F. The van der Waals surface area contributed by atoms with Crippen LogP contribution in [0.5, 0.6) is 0 Å². The van der Waals surface area contributed by atoms with Crippen LogP contribution < -0.4 is 21.3 Å². The topological polar surface area (TPSA) is 95.8 Å². The van der Waals surface area contributed by atoms with Gasteiger partial charge in [-0.3, -0.25) is 21.5 Å². The minimum absolute atomic E-state index is 0.663. The van der Waals surface area contributed by atoms with Gasteiger partial charge in [0.2, 0.25) is 0 Å². The summed E-state index contributed by atoms with van der Waals surface area (Å²) in [5, 5.41) is 18.4. The third-order valence-electron chi connectivity index (χ3n) is 1.06. The Morgan fingerprint density at radius 2 is 1.06 bits per heavy atom. The van der Waals surface area contributed by atoms with Crippen LogP contribution in [0.4, 0.5) is 26.3 Å². The molecule has 0 aliphatic carbocycles. The lowest BCUT2D eigenvalue weighted by molar-refractivity contribution is -0.143. The Morgan fingerprint density at radius 1 is 0.765 bits per heavy atom. The molecule has 0 heterocycles. The standard InChI is InChI=1S/C5H8F6N6/c6-4(7,8)16-2(12)14-1-15-3(13)17-5(9,10)11/h1H2,(H3,12,14,16)(H3,13,15,17). The molecule has 17 heavy (non-hydrogen) atoms. The van der Waals surface area contributed by atoms with Crippen molar-refractivity contribution < 1.29 is 26.3 Å². The third-order valence-corrected chi connectivity index (χ3v) is 1.06. The molecular formula is C5H8F6N6. The quantitative estimate of drug-likeness (QED) is 0.142. The molecule has 0 radical (unpaired) electrons. The molecular weight excluding hydrogens is 258 g/mol. The molecule has 12 heteroatoms. The lowest BCUT2D eigenvalue weighted by Gasteiger charge is -2.15. The maximum absolute atomic E-state index is 11.6. The van der Waals surface area contributed by atoms with E-state index in [1.54, 1.807) is 10.6 Å². The monoisotopic (exact) mass is 266 g/mol. The Balaban J connectivity index is 3.78. The van der Waals surface area contributed by atoms with Gasteiger partial charge in [0.25, 0.3) is 0 Å². The highest BCUT2D eigenvalue weighted by Crippen LogP contribution is 2.08. The van der Waals surface area contributed by atoms with Crippen LogP contribution in [-0.4, -0.2) is 31.2 Å². The summed E-state index contributed by atoms with van der Waals surface area (Å²) in [6.07, 6.45) is -9.64. The molecule has 0 saturated heterocycles. The van der Waals surface area contributed by atoms with Crippen molar-refractivity contribution in [2.45, 2.75) is 12.6 Å². The van der Waals surface area contributed by atoms with Gasteiger partial charge < -0.3 is 10.6 Å². The highest BCUT2D eigenvalue weighted by atomic mass is 19.4. The zero-order valence-corrected chi connectivity index (χ0v) is 7.97. The predicted octanol–water partition coefficient (Wildman–Crippen LogP) is 0.211. The minimum Gasteiger partial charge on any atom is -0.339 e. The van der Waals surface area contributed by atoms with E-state index < -0.39 is 31.2 Å². The first-order valence-electron chi connectivity index (χ1n) is 3.84. The molecule has 0 amide bonds. The van der Waals surface area contributed by atoms with E-state index in [1.807, 2.05) is 0 Å². The first kappa shape index (κ1) is 15.1. The van der Waals surface area contributed by atoms with Gasteiger partial charge in [-0.1, -0.05) is 0 Å². The van der Waals surface area contributed by atoms with Gasteiger partial charge in [-0.2, -0.15) is 26.3 Å². The molecule has 6 nitrogen and oxygen atoms in total. The van der Waals surface area contributed by atoms with Gasteiger partial charge in [-0.25, -0.2) is 0 Å². The van der Waals surface area contributed by atoms with Crippen LogP contribution in [0.2, 0.25) is 0 Å². The van der Waals surface area contributed by atoms with Crippen LogP contribution in [0.1, 0.15) is 0 Å². The average Bonchev–Trinajstić information content (AvgIpc) is 1.95. The number of rotatable bonds is 2. The van der Waals surface area contributed by atoms with Crippen molar-refractivity contribution in [2.24, 2.45) is 0 Å². The fourth-order valence-electron chi connectivity index (χ4n) is 0.593. The highest BCUT2D eigenvalue weighted by Gasteiger charge is 2.29. The number of guanidine groups is 2. The Hall–Kier alpha value is -1.88. The molecule has 0 bridgehead atoms. The summed E-state index contributed by atoms with van der Waals surface area (Å²) in [5.74, 6) is -2.32. The Morgan fingerprint density at radius 3 is 1.29 bits per heavy atom. The normalized spacial score (nSPS) is 11.6. The molecule has 0 aliphatic rings. The zero-order chi connectivity index (χ0) is 13.7. The van der Waals surface area contributed by atoms with Crippen LogP contribution in [0.3, 0.4) is 0 Å². The van der Waals surface area contributed by atoms with E-state index in [0.717, 1.165) is 10.6 Å². The zero-order valence-electron chi connectivity index (χ0n) is 7.97. The molecule has 0 rings (SSSR count). The lowest BCUT2D eigenvalue weighted by atomic mass is 10.8. The molecule has 0 fully saturated rings. The van der Waals surface area contributed by atoms with Crippen molar-refractivity contribution in [3.63, 3.8) is 0 Å². The Bertz CT molecular complexity index is 254. The van der Waals surface area contributed by atoms with Gasteiger partial charge in [-0.15, -0.1) is 0 Å². The molecule has 6 N–H and O–H groups in total. The molecule has 0 saturated carbocycles. The average molecular weight is 266 g/mol. The van der Waals surface area contributed by atoms with E-state index in [9.17, 15) is 26.3 Å². The molecule has 100 valence electrons. The largest absolute Gasteiger partial charge is 0.484 e. The summed E-state index contributed by atoms with van der Waals surface area (Å²) >= 11 is 0. The van der Waals surface area contributed by atoms with Gasteiger partial charge in [0, 0.05) is 0 Å². The van der Waals surface area contributed by atoms with Crippen LogP contribution in [0.25, 0.3) is 0 Å². The van der Waals surface area contributed by atoms with E-state index in [2.05, 4.69) is 0 Å². The number of nitrogens with one attached hydrogen (secondary N) is 6. The van der Waals surface area contributed by atoms with E-state index >= 15 is 0 Å². The summed E-state index contributed by atoms with van der Waals surface area (Å²) in [5.41, 5.74) is 0. The maximum atomic E-state index is 11.6. The number of hydrogen-bond acceptors (Lipinski definition) is 2. The first-order valence-corrected chi connectivity index (χ1v) is 3.84. The number of alkyl halides is 6. The van der Waals surface area contributed by atoms with Crippen LogP contribution >= 0.6 is 0 Å². The van der Waals surface area contributed by atoms with Gasteiger partial charge in [0.1, 0.15) is 0 Å². The fraction of sp³-hybridized carbons (Fsp3) is 0.600. The molecule has 0 aromatic carbocycles. The predicted molar refractivity (Wildman–Crippen MR) is 45.0 cm³/mol. The molecule has 0 atom stereocenters. The van der Waals surface area contributed by atoms with Gasteiger partial charge in [0.05, 0.1) is 6.67 Å². The smallest absolute Gasteiger partial charge is 0.339 e. The van der Waals surface area contributed by atoms with Gasteiger partial charge in [-0.05, 0) is 0 Å². The van der Waals surface area contributed by atoms with Gasteiger partial charge >= 0.3 is 12.6 Å². The molecule has 0 spiro atoms. The second kappa shape index (κ2) is 5.45. The first-order chi connectivity index (χ1) is 7.49. The second-order valence-electron chi connectivity index (χ2n) is 2.53. The lowest BCUT2D eigenvalue weighted by Crippen LogP contribution is -2.51.